The van der Waals surface area contributed by atoms with E-state index < -0.39 is 10.0 Å². The summed E-state index contributed by atoms with van der Waals surface area (Å²) >= 11 is 1.53. The molecule has 0 fully saturated rings. The van der Waals surface area contributed by atoms with E-state index in [4.69, 9.17) is 0 Å². The van der Waals surface area contributed by atoms with Crippen LogP contribution in [0.4, 0.5) is 0 Å². The molecule has 0 unspecified atom stereocenters. The fourth-order valence-electron chi connectivity index (χ4n) is 2.99. The number of aryl methyl sites for hydroxylation is 2. The summed E-state index contributed by atoms with van der Waals surface area (Å²) in [4.78, 5) is 4.98. The average Bonchev–Trinajstić information content (AvgIpc) is 2.95. The molecular formula is C19H22N2O2S2. The zero-order chi connectivity index (χ0) is 18.4. The minimum Gasteiger partial charge on any atom is -0.240 e. The Hall–Kier alpha value is -1.76. The van der Waals surface area contributed by atoms with E-state index in [0.717, 1.165) is 37.5 Å². The van der Waals surface area contributed by atoms with E-state index in [9.17, 15) is 8.42 Å². The fraction of sp³-hybridized carbons (Fsp3) is 0.316. The van der Waals surface area contributed by atoms with Gasteiger partial charge in [0, 0.05) is 7.05 Å². The van der Waals surface area contributed by atoms with Crippen LogP contribution >= 0.6 is 11.3 Å². The van der Waals surface area contributed by atoms with Gasteiger partial charge in [-0.15, -0.1) is 11.3 Å². The van der Waals surface area contributed by atoms with Crippen LogP contribution in [0.1, 0.15) is 27.3 Å². The highest BCUT2D eigenvalue weighted by Gasteiger charge is 2.27. The molecule has 3 rings (SSSR count). The minimum absolute atomic E-state index is 0.271. The first-order chi connectivity index (χ1) is 11.7. The van der Waals surface area contributed by atoms with Crippen LogP contribution in [0.3, 0.4) is 0 Å². The van der Waals surface area contributed by atoms with Crippen molar-refractivity contribution in [2.75, 3.05) is 7.05 Å². The topological polar surface area (TPSA) is 50.3 Å². The highest BCUT2D eigenvalue weighted by Crippen LogP contribution is 2.30. The molecule has 0 aliphatic rings. The van der Waals surface area contributed by atoms with Gasteiger partial charge < -0.3 is 0 Å². The molecule has 0 saturated carbocycles. The molecule has 0 amide bonds. The summed E-state index contributed by atoms with van der Waals surface area (Å²) in [5.41, 5.74) is 4.54. The third-order valence-corrected chi connectivity index (χ3v) is 7.76. The lowest BCUT2D eigenvalue weighted by Crippen LogP contribution is -2.28. The van der Waals surface area contributed by atoms with Crippen LogP contribution in [-0.2, 0) is 16.6 Å². The van der Waals surface area contributed by atoms with Gasteiger partial charge in [0.2, 0.25) is 10.0 Å². The molecule has 132 valence electrons. The van der Waals surface area contributed by atoms with E-state index in [0.29, 0.717) is 4.90 Å². The SMILES string of the molecule is Cc1cc(C)c(C)c(S(=O)(=O)N(C)Cc2nc3ccccc3s2)c1C. The summed E-state index contributed by atoms with van der Waals surface area (Å²) in [5, 5.41) is 0.798. The van der Waals surface area contributed by atoms with Crippen molar-refractivity contribution in [3.8, 4) is 0 Å². The van der Waals surface area contributed by atoms with Crippen LogP contribution in [0.25, 0.3) is 10.2 Å². The fourth-order valence-corrected chi connectivity index (χ4v) is 5.79. The summed E-state index contributed by atoms with van der Waals surface area (Å²) in [6.07, 6.45) is 0. The first-order valence-corrected chi connectivity index (χ1v) is 10.4. The van der Waals surface area contributed by atoms with Gasteiger partial charge in [-0.05, 0) is 62.1 Å². The molecule has 0 atom stereocenters. The summed E-state index contributed by atoms with van der Waals surface area (Å²) in [6.45, 7) is 7.93. The van der Waals surface area contributed by atoms with Crippen molar-refractivity contribution < 1.29 is 8.42 Å². The first-order valence-electron chi connectivity index (χ1n) is 8.10. The second-order valence-electron chi connectivity index (χ2n) is 6.43. The van der Waals surface area contributed by atoms with Crippen molar-refractivity contribution in [1.29, 1.82) is 0 Å². The van der Waals surface area contributed by atoms with Gasteiger partial charge in [0.25, 0.3) is 0 Å². The molecule has 25 heavy (non-hydrogen) atoms. The lowest BCUT2D eigenvalue weighted by atomic mass is 10.0. The lowest BCUT2D eigenvalue weighted by Gasteiger charge is -2.21. The first kappa shape index (κ1) is 18.0. The number of sulfonamides is 1. The molecule has 3 aromatic rings. The van der Waals surface area contributed by atoms with Gasteiger partial charge in [0.05, 0.1) is 21.7 Å². The van der Waals surface area contributed by atoms with Crippen LogP contribution in [0.2, 0.25) is 0 Å². The Labute approximate surface area is 153 Å². The summed E-state index contributed by atoms with van der Waals surface area (Å²) in [6, 6.07) is 9.89. The smallest absolute Gasteiger partial charge is 0.240 e. The molecule has 0 radical (unpaired) electrons. The van der Waals surface area contributed by atoms with Gasteiger partial charge in [-0.3, -0.25) is 0 Å². The Bertz CT molecular complexity index is 993. The van der Waals surface area contributed by atoms with E-state index in [1.165, 1.54) is 15.6 Å². The van der Waals surface area contributed by atoms with Gasteiger partial charge in [-0.1, -0.05) is 18.2 Å². The van der Waals surface area contributed by atoms with Crippen LogP contribution < -0.4 is 0 Å². The van der Waals surface area contributed by atoms with Crippen molar-refractivity contribution in [3.05, 3.63) is 57.6 Å². The molecule has 0 bridgehead atoms. The predicted octanol–water partition coefficient (Wildman–Crippen LogP) is 4.35. The zero-order valence-corrected chi connectivity index (χ0v) is 16.8. The third-order valence-electron chi connectivity index (χ3n) is 4.66. The maximum Gasteiger partial charge on any atom is 0.243 e. The third kappa shape index (κ3) is 3.21. The molecule has 6 heteroatoms. The van der Waals surface area contributed by atoms with Gasteiger partial charge in [-0.25, -0.2) is 13.4 Å². The maximum atomic E-state index is 13.2. The number of fused-ring (bicyclic) bond motifs is 1. The number of benzene rings is 2. The van der Waals surface area contributed by atoms with E-state index in [-0.39, 0.29) is 6.54 Å². The molecule has 1 aromatic heterocycles. The number of hydrogen-bond acceptors (Lipinski definition) is 4. The maximum absolute atomic E-state index is 13.2. The molecule has 1 heterocycles. The van der Waals surface area contributed by atoms with Crippen LogP contribution in [0, 0.1) is 27.7 Å². The molecule has 0 aliphatic carbocycles. The number of hydrogen-bond donors (Lipinski definition) is 0. The number of nitrogens with zero attached hydrogens (tertiary/aromatic N) is 2. The summed E-state index contributed by atoms with van der Waals surface area (Å²) in [5.74, 6) is 0. The second kappa shape index (κ2) is 6.52. The number of para-hydroxylation sites is 1. The average molecular weight is 375 g/mol. The Morgan fingerprint density at radius 3 is 2.24 bits per heavy atom. The molecular weight excluding hydrogens is 352 g/mol. The summed E-state index contributed by atoms with van der Waals surface area (Å²) < 4.78 is 28.9. The van der Waals surface area contributed by atoms with E-state index in [2.05, 4.69) is 4.98 Å². The summed E-state index contributed by atoms with van der Waals surface area (Å²) in [7, 11) is -1.96. The Morgan fingerprint density at radius 1 is 1.04 bits per heavy atom. The van der Waals surface area contributed by atoms with Crippen molar-refractivity contribution in [3.63, 3.8) is 0 Å². The molecule has 0 saturated heterocycles. The molecule has 4 nitrogen and oxygen atoms in total. The van der Waals surface area contributed by atoms with Crippen molar-refractivity contribution in [2.45, 2.75) is 39.1 Å². The van der Waals surface area contributed by atoms with Gasteiger partial charge in [-0.2, -0.15) is 4.31 Å². The van der Waals surface area contributed by atoms with Crippen molar-refractivity contribution >= 4 is 31.6 Å². The zero-order valence-electron chi connectivity index (χ0n) is 15.1. The number of thiazole rings is 1. The predicted molar refractivity (Wildman–Crippen MR) is 104 cm³/mol. The number of rotatable bonds is 4. The molecule has 0 N–H and O–H groups in total. The quantitative estimate of drug-likeness (QED) is 0.682. The van der Waals surface area contributed by atoms with Crippen molar-refractivity contribution in [1.82, 2.24) is 9.29 Å². The highest BCUT2D eigenvalue weighted by atomic mass is 32.2. The Balaban J connectivity index is 2.00. The van der Waals surface area contributed by atoms with E-state index >= 15 is 0 Å². The molecule has 2 aromatic carbocycles. The largest absolute Gasteiger partial charge is 0.243 e. The normalized spacial score (nSPS) is 12.2. The van der Waals surface area contributed by atoms with Crippen LogP contribution in [0.15, 0.2) is 35.2 Å². The van der Waals surface area contributed by atoms with Gasteiger partial charge >= 0.3 is 0 Å². The standard InChI is InChI=1S/C19H22N2O2S2/c1-12-10-13(2)15(4)19(14(12)3)25(22,23)21(5)11-18-20-16-8-6-7-9-17(16)24-18/h6-10H,11H2,1-5H3. The highest BCUT2D eigenvalue weighted by molar-refractivity contribution is 7.89. The van der Waals surface area contributed by atoms with E-state index in [1.54, 1.807) is 7.05 Å². The Kier molecular flexibility index (Phi) is 4.70. The van der Waals surface area contributed by atoms with Crippen molar-refractivity contribution in [2.24, 2.45) is 0 Å². The van der Waals surface area contributed by atoms with Crippen LogP contribution in [-0.4, -0.2) is 24.8 Å². The van der Waals surface area contributed by atoms with E-state index in [1.807, 2.05) is 58.0 Å². The lowest BCUT2D eigenvalue weighted by molar-refractivity contribution is 0.465. The molecule has 0 aliphatic heterocycles. The van der Waals surface area contributed by atoms with Gasteiger partial charge in [0.15, 0.2) is 0 Å². The number of aromatic nitrogens is 1. The Morgan fingerprint density at radius 2 is 1.64 bits per heavy atom. The van der Waals surface area contributed by atoms with Crippen LogP contribution in [0.5, 0.6) is 0 Å². The molecule has 0 spiro atoms. The second-order valence-corrected chi connectivity index (χ2v) is 9.52. The minimum atomic E-state index is -3.58. The van der Waals surface area contributed by atoms with Gasteiger partial charge in [0.1, 0.15) is 5.01 Å². The monoisotopic (exact) mass is 374 g/mol.